The Morgan fingerprint density at radius 3 is 2.58 bits per heavy atom. The van der Waals surface area contributed by atoms with E-state index in [-0.39, 0.29) is 23.9 Å². The molecule has 124 valence electrons. The van der Waals surface area contributed by atoms with Crippen molar-refractivity contribution in [2.75, 3.05) is 17.2 Å². The Hall–Kier alpha value is -2.32. The minimum absolute atomic E-state index is 0.0947. The van der Waals surface area contributed by atoms with Crippen LogP contribution in [0.1, 0.15) is 17.5 Å². The van der Waals surface area contributed by atoms with Crippen molar-refractivity contribution in [2.24, 2.45) is 0 Å². The smallest absolute Gasteiger partial charge is 0.237 e. The van der Waals surface area contributed by atoms with Gasteiger partial charge in [0.2, 0.25) is 5.91 Å². The lowest BCUT2D eigenvalue weighted by Crippen LogP contribution is -2.33. The molecule has 2 aromatic rings. The van der Waals surface area contributed by atoms with E-state index in [1.807, 2.05) is 32.0 Å². The molecular formula is C19H19FN2OS. The second-order valence-corrected chi connectivity index (χ2v) is 6.50. The van der Waals surface area contributed by atoms with Gasteiger partial charge < -0.3 is 4.90 Å². The van der Waals surface area contributed by atoms with Crippen LogP contribution in [0.25, 0.3) is 0 Å². The number of benzene rings is 2. The van der Waals surface area contributed by atoms with E-state index in [1.54, 1.807) is 17.0 Å². The number of aryl methyl sites for hydroxylation is 2. The van der Waals surface area contributed by atoms with E-state index in [1.165, 1.54) is 23.9 Å². The van der Waals surface area contributed by atoms with Crippen LogP contribution in [0.2, 0.25) is 0 Å². The maximum absolute atomic E-state index is 13.1. The maximum Gasteiger partial charge on any atom is 0.237 e. The first-order valence-corrected chi connectivity index (χ1v) is 8.63. The van der Waals surface area contributed by atoms with Crippen LogP contribution in [0.5, 0.6) is 0 Å². The number of rotatable bonds is 6. The van der Waals surface area contributed by atoms with Crippen molar-refractivity contribution in [3.05, 3.63) is 59.4 Å². The summed E-state index contributed by atoms with van der Waals surface area (Å²) in [5.41, 5.74) is 2.89. The van der Waals surface area contributed by atoms with Gasteiger partial charge in [0.15, 0.2) is 0 Å². The van der Waals surface area contributed by atoms with Crippen LogP contribution in [0.15, 0.2) is 47.4 Å². The Balaban J connectivity index is 2.11. The number of nitriles is 1. The first kappa shape index (κ1) is 18.0. The molecule has 0 radical (unpaired) electrons. The van der Waals surface area contributed by atoms with E-state index < -0.39 is 0 Å². The van der Waals surface area contributed by atoms with E-state index in [4.69, 9.17) is 5.26 Å². The Bertz CT molecular complexity index is 753. The van der Waals surface area contributed by atoms with Crippen LogP contribution in [-0.2, 0) is 4.79 Å². The largest absolute Gasteiger partial charge is 0.311 e. The van der Waals surface area contributed by atoms with E-state index in [0.29, 0.717) is 12.2 Å². The maximum atomic E-state index is 13.1. The number of halogens is 1. The van der Waals surface area contributed by atoms with E-state index in [0.717, 1.165) is 16.0 Å². The number of hydrogen-bond donors (Lipinski definition) is 0. The molecule has 1 amide bonds. The van der Waals surface area contributed by atoms with Crippen LogP contribution in [0.4, 0.5) is 10.1 Å². The van der Waals surface area contributed by atoms with Gasteiger partial charge in [-0.2, -0.15) is 5.26 Å². The first-order chi connectivity index (χ1) is 11.5. The Labute approximate surface area is 146 Å². The summed E-state index contributed by atoms with van der Waals surface area (Å²) in [5.74, 6) is -0.174. The molecule has 0 aliphatic heterocycles. The zero-order chi connectivity index (χ0) is 17.5. The molecule has 0 saturated heterocycles. The highest BCUT2D eigenvalue weighted by Crippen LogP contribution is 2.25. The van der Waals surface area contributed by atoms with Gasteiger partial charge in [-0.3, -0.25) is 4.79 Å². The number of carbonyl (C=O) groups excluding carboxylic acids is 1. The molecule has 0 heterocycles. The lowest BCUT2D eigenvalue weighted by molar-refractivity contribution is -0.116. The monoisotopic (exact) mass is 342 g/mol. The lowest BCUT2D eigenvalue weighted by Gasteiger charge is -2.22. The topological polar surface area (TPSA) is 44.1 Å². The third-order valence-corrected chi connectivity index (χ3v) is 4.72. The van der Waals surface area contributed by atoms with Gasteiger partial charge in [0.25, 0.3) is 0 Å². The number of hydrogen-bond acceptors (Lipinski definition) is 3. The predicted octanol–water partition coefficient (Wildman–Crippen LogP) is 4.48. The molecule has 0 atom stereocenters. The fraction of sp³-hybridized carbons (Fsp3) is 0.263. The minimum Gasteiger partial charge on any atom is -0.311 e. The summed E-state index contributed by atoms with van der Waals surface area (Å²) in [6, 6.07) is 14.0. The molecule has 3 nitrogen and oxygen atoms in total. The van der Waals surface area contributed by atoms with Gasteiger partial charge in [-0.05, 0) is 49.7 Å². The number of thioether (sulfide) groups is 1. The van der Waals surface area contributed by atoms with Crippen LogP contribution < -0.4 is 4.90 Å². The molecule has 0 bridgehead atoms. The molecule has 0 aliphatic carbocycles. The van der Waals surface area contributed by atoms with Crippen molar-refractivity contribution in [3.63, 3.8) is 0 Å². The fourth-order valence-electron chi connectivity index (χ4n) is 2.26. The lowest BCUT2D eigenvalue weighted by atomic mass is 10.2. The minimum atomic E-state index is -0.351. The van der Waals surface area contributed by atoms with Crippen molar-refractivity contribution in [2.45, 2.75) is 25.2 Å². The average molecular weight is 342 g/mol. The van der Waals surface area contributed by atoms with Crippen molar-refractivity contribution < 1.29 is 9.18 Å². The number of amides is 1. The summed E-state index contributed by atoms with van der Waals surface area (Å²) < 4.78 is 13.1. The highest BCUT2D eigenvalue weighted by atomic mass is 32.2. The number of anilines is 1. The molecule has 0 aliphatic rings. The second-order valence-electron chi connectivity index (χ2n) is 5.49. The highest BCUT2D eigenvalue weighted by molar-refractivity contribution is 8.00. The van der Waals surface area contributed by atoms with Gasteiger partial charge >= 0.3 is 0 Å². The van der Waals surface area contributed by atoms with Gasteiger partial charge in [0.1, 0.15) is 5.82 Å². The second kappa shape index (κ2) is 8.51. The fourth-order valence-corrected chi connectivity index (χ4v) is 3.26. The van der Waals surface area contributed by atoms with E-state index >= 15 is 0 Å². The molecule has 2 aromatic carbocycles. The SMILES string of the molecule is Cc1ccc(C)c(SCC(=O)N(CCC#N)c2ccc(F)cc2)c1. The van der Waals surface area contributed by atoms with E-state index in [2.05, 4.69) is 6.07 Å². The summed E-state index contributed by atoms with van der Waals surface area (Å²) in [7, 11) is 0. The van der Waals surface area contributed by atoms with Crippen LogP contribution >= 0.6 is 11.8 Å². The first-order valence-electron chi connectivity index (χ1n) is 7.64. The summed E-state index contributed by atoms with van der Waals surface area (Å²) in [4.78, 5) is 15.2. The van der Waals surface area contributed by atoms with Gasteiger partial charge in [0.05, 0.1) is 18.2 Å². The van der Waals surface area contributed by atoms with Gasteiger partial charge in [-0.25, -0.2) is 4.39 Å². The Kier molecular flexibility index (Phi) is 6.39. The molecule has 5 heteroatoms. The van der Waals surface area contributed by atoms with Crippen molar-refractivity contribution >= 4 is 23.4 Å². The van der Waals surface area contributed by atoms with Crippen molar-refractivity contribution in [1.82, 2.24) is 0 Å². The van der Waals surface area contributed by atoms with Gasteiger partial charge in [0, 0.05) is 17.1 Å². The molecule has 0 saturated carbocycles. The molecule has 0 N–H and O–H groups in total. The molecule has 0 unspecified atom stereocenters. The van der Waals surface area contributed by atoms with Crippen LogP contribution in [0.3, 0.4) is 0 Å². The molecule has 0 aromatic heterocycles. The third kappa shape index (κ3) is 4.84. The quantitative estimate of drug-likeness (QED) is 0.727. The standard InChI is InChI=1S/C19H19FN2OS/c1-14-4-5-15(2)18(12-14)24-13-19(23)22(11-3-10-21)17-8-6-16(20)7-9-17/h4-9,12H,3,11,13H2,1-2H3. The van der Waals surface area contributed by atoms with Crippen LogP contribution in [-0.4, -0.2) is 18.2 Å². The highest BCUT2D eigenvalue weighted by Gasteiger charge is 2.16. The number of carbonyl (C=O) groups is 1. The summed E-state index contributed by atoms with van der Waals surface area (Å²) in [5, 5.41) is 8.81. The van der Waals surface area contributed by atoms with Gasteiger partial charge in [-0.1, -0.05) is 17.7 Å². The Morgan fingerprint density at radius 1 is 1.21 bits per heavy atom. The molecule has 0 spiro atoms. The predicted molar refractivity (Wildman–Crippen MR) is 95.6 cm³/mol. The van der Waals surface area contributed by atoms with Crippen molar-refractivity contribution in [1.29, 1.82) is 5.26 Å². The summed E-state index contributed by atoms with van der Waals surface area (Å²) >= 11 is 1.48. The third-order valence-electron chi connectivity index (χ3n) is 3.58. The van der Waals surface area contributed by atoms with Crippen LogP contribution in [0, 0.1) is 31.0 Å². The number of nitrogens with zero attached hydrogens (tertiary/aromatic N) is 2. The molecular weight excluding hydrogens is 323 g/mol. The normalized spacial score (nSPS) is 10.2. The zero-order valence-corrected chi connectivity index (χ0v) is 14.6. The van der Waals surface area contributed by atoms with Gasteiger partial charge in [-0.15, -0.1) is 11.8 Å². The Morgan fingerprint density at radius 2 is 1.92 bits per heavy atom. The zero-order valence-electron chi connectivity index (χ0n) is 13.8. The average Bonchev–Trinajstić information content (AvgIpc) is 2.57. The molecule has 2 rings (SSSR count). The van der Waals surface area contributed by atoms with Crippen molar-refractivity contribution in [3.8, 4) is 6.07 Å². The summed E-state index contributed by atoms with van der Waals surface area (Å²) in [6.45, 7) is 4.33. The van der Waals surface area contributed by atoms with E-state index in [9.17, 15) is 9.18 Å². The summed E-state index contributed by atoms with van der Waals surface area (Å²) in [6.07, 6.45) is 0.233. The molecule has 24 heavy (non-hydrogen) atoms. The molecule has 0 fully saturated rings.